The average molecular weight is 780 g/mol. The maximum Gasteiger partial charge on any atom is 1.00 e. The number of aryl methyl sites for hydroxylation is 1. The van der Waals surface area contributed by atoms with Gasteiger partial charge in [0.15, 0.2) is 0 Å². The second kappa shape index (κ2) is 29.1. The molecule has 5 nitrogen and oxygen atoms in total. The van der Waals surface area contributed by atoms with Gasteiger partial charge in [-0.15, -0.1) is 6.54 Å². The molecule has 1 saturated carbocycles. The van der Waals surface area contributed by atoms with Crippen LogP contribution >= 0.6 is 23.2 Å². The molecule has 1 heterocycles. The number of carbonyl (C=O) groups is 1. The van der Waals surface area contributed by atoms with E-state index in [0.29, 0.717) is 30.4 Å². The summed E-state index contributed by atoms with van der Waals surface area (Å²) in [4.78, 5) is 15.4. The molecule has 2 aromatic carbocycles. The molecule has 4 rings (SSSR count). The van der Waals surface area contributed by atoms with Crippen molar-refractivity contribution in [2.24, 2.45) is 5.92 Å². The number of aliphatic hydroxyl groups is 1. The first kappa shape index (κ1) is 50.8. The fourth-order valence-corrected chi connectivity index (χ4v) is 5.56. The number of unbranched alkanes of at least 4 members (excludes halogenated alkanes) is 1. The van der Waals surface area contributed by atoms with Gasteiger partial charge in [0.2, 0.25) is 5.91 Å². The number of rotatable bonds is 13. The first-order valence-electron chi connectivity index (χ1n) is 18.9. The molecule has 2 unspecified atom stereocenters. The summed E-state index contributed by atoms with van der Waals surface area (Å²) in [5, 5.41) is 15.5. The van der Waals surface area contributed by atoms with Crippen LogP contribution in [0, 0.1) is 12.8 Å². The van der Waals surface area contributed by atoms with E-state index in [1.54, 1.807) is 0 Å². The van der Waals surface area contributed by atoms with Gasteiger partial charge in [0.05, 0.1) is 12.1 Å². The van der Waals surface area contributed by atoms with Gasteiger partial charge >= 0.3 is 51.4 Å². The van der Waals surface area contributed by atoms with Crippen LogP contribution in [0.4, 0.5) is 0 Å². The van der Waals surface area contributed by atoms with Crippen molar-refractivity contribution in [2.75, 3.05) is 26.2 Å². The maximum absolute atomic E-state index is 13.4. The van der Waals surface area contributed by atoms with Gasteiger partial charge in [-0.25, -0.2) is 0 Å². The van der Waals surface area contributed by atoms with Gasteiger partial charge in [-0.2, -0.15) is 6.54 Å². The predicted molar refractivity (Wildman–Crippen MR) is 221 cm³/mol. The van der Waals surface area contributed by atoms with E-state index in [9.17, 15) is 9.90 Å². The van der Waals surface area contributed by atoms with Crippen molar-refractivity contribution >= 4 is 29.1 Å². The molecule has 0 spiro atoms. The number of aliphatic hydroxyl groups excluding tert-OH is 1. The first-order chi connectivity index (χ1) is 24.4. The minimum atomic E-state index is -0.622. The second-order valence-electron chi connectivity index (χ2n) is 13.1. The molecular weight excluding hydrogens is 714 g/mol. The Balaban J connectivity index is 0.00000136. The minimum absolute atomic E-state index is 0. The van der Waals surface area contributed by atoms with Gasteiger partial charge in [-0.05, 0) is 105 Å². The van der Waals surface area contributed by atoms with Crippen LogP contribution in [0.3, 0.4) is 0 Å². The van der Waals surface area contributed by atoms with E-state index < -0.39 is 6.10 Å². The number of likely N-dealkylation sites (N-methyl/N-ethyl adjacent to an activating group) is 1. The molecule has 0 saturated heterocycles. The van der Waals surface area contributed by atoms with Crippen LogP contribution < -0.4 is 56.1 Å². The number of ether oxygens (including phenoxy) is 1. The molecule has 8 heteroatoms. The zero-order valence-corrected chi connectivity index (χ0v) is 38.5. The Morgan fingerprint density at radius 1 is 1.04 bits per heavy atom. The Morgan fingerprint density at radius 3 is 2.06 bits per heavy atom. The molecule has 1 amide bonds. The van der Waals surface area contributed by atoms with Gasteiger partial charge in [0.25, 0.3) is 0 Å². The number of hydrogen-bond acceptors (Lipinski definition) is 3. The van der Waals surface area contributed by atoms with Gasteiger partial charge in [0, 0.05) is 22.5 Å². The summed E-state index contributed by atoms with van der Waals surface area (Å²) in [6.07, 6.45) is 10.9. The molecule has 2 atom stereocenters. The third-order valence-electron chi connectivity index (χ3n) is 8.42. The van der Waals surface area contributed by atoms with E-state index in [-0.39, 0.29) is 75.9 Å². The molecule has 1 aliphatic heterocycles. The van der Waals surface area contributed by atoms with Crippen LogP contribution in [0.25, 0.3) is 5.32 Å². The van der Waals surface area contributed by atoms with Crippen LogP contribution in [-0.2, 0) is 4.79 Å². The summed E-state index contributed by atoms with van der Waals surface area (Å²) in [6, 6.07) is 15.6. The first-order valence-corrected chi connectivity index (χ1v) is 19.7. The fraction of sp³-hybridized carbons (Fsp3) is 0.523. The summed E-state index contributed by atoms with van der Waals surface area (Å²) in [5.41, 5.74) is 7.05. The molecule has 52 heavy (non-hydrogen) atoms. The summed E-state index contributed by atoms with van der Waals surface area (Å²) in [5.74, 6) is 1.10. The second-order valence-corrected chi connectivity index (χ2v) is 14.0. The Bertz CT molecular complexity index is 1380. The van der Waals surface area contributed by atoms with Crippen molar-refractivity contribution < 1.29 is 66.0 Å². The molecule has 2 aliphatic rings. The fourth-order valence-electron chi connectivity index (χ4n) is 5.33. The van der Waals surface area contributed by atoms with Crippen LogP contribution in [-0.4, -0.2) is 48.3 Å². The van der Waals surface area contributed by atoms with Gasteiger partial charge in [0.1, 0.15) is 12.4 Å². The Morgan fingerprint density at radius 2 is 1.62 bits per heavy atom. The zero-order valence-electron chi connectivity index (χ0n) is 33.9. The molecule has 0 bridgehead atoms. The zero-order chi connectivity index (χ0) is 38.3. The number of hydrogen-bond donors (Lipinski definition) is 1. The standard InChI is InChI=1S/C30H40ClN2O3.C7H7Cl.C4H10.C3H8.K/c1-6-20(4)28(17-21(5)31)27-15-16-33(30(35)23-9-10-23)29(26(27)7-2)22-11-13-25(14-12-22)36-19-24(34)18-32-8-3;1-6-2-4-7(8)5-3-6;1-3-4-2;1-3-2;/h6,11-14,17,23-24,29,34H,5,7-10,15-16,18-19H2,1-4H3;2-5H,1H3;3-4H2,1-2H3;3H2,1-2H3;/q-1;;;;+1/b20-6-,28-17+;;;;. The van der Waals surface area contributed by atoms with Crippen LogP contribution in [0.15, 0.2) is 94.6 Å². The largest absolute Gasteiger partial charge is 1.00 e. The van der Waals surface area contributed by atoms with Crippen molar-refractivity contribution in [1.82, 2.24) is 4.90 Å². The summed E-state index contributed by atoms with van der Waals surface area (Å²) in [6.45, 7) is 24.7. The molecular formula is C44H65Cl2KN2O3. The molecule has 0 radical (unpaired) electrons. The third-order valence-corrected chi connectivity index (χ3v) is 8.78. The number of allylic oxidation sites excluding steroid dienone is 5. The van der Waals surface area contributed by atoms with Gasteiger partial charge in [-0.1, -0.05) is 126 Å². The van der Waals surface area contributed by atoms with E-state index in [2.05, 4.69) is 64.4 Å². The molecule has 1 aliphatic carbocycles. The topological polar surface area (TPSA) is 63.9 Å². The molecule has 284 valence electrons. The SMILES string of the molecule is C=C(Cl)/C=C(C1=C(CC)C(c2ccc(OCC(O)C[N-]CC)cc2)N(C(=O)C2CC2)CC1)\C(C)=C/C.CCC.CCCC.Cc1ccc(Cl)cc1.[K+]. The molecule has 2 aromatic rings. The Labute approximate surface area is 369 Å². The average Bonchev–Trinajstić information content (AvgIpc) is 3.99. The number of nitrogens with zero attached hydrogens (tertiary/aromatic N) is 2. The smallest absolute Gasteiger partial charge is 0.660 e. The monoisotopic (exact) mass is 778 g/mol. The van der Waals surface area contributed by atoms with E-state index in [1.165, 1.54) is 36.0 Å². The van der Waals surface area contributed by atoms with Crippen molar-refractivity contribution in [3.63, 3.8) is 0 Å². The number of halogens is 2. The Hall–Kier alpha value is -1.19. The normalized spacial score (nSPS) is 16.2. The van der Waals surface area contributed by atoms with Crippen molar-refractivity contribution in [1.29, 1.82) is 0 Å². The quantitative estimate of drug-likeness (QED) is 0.163. The van der Waals surface area contributed by atoms with Crippen LogP contribution in [0.5, 0.6) is 5.75 Å². The number of amides is 1. The van der Waals surface area contributed by atoms with Crippen LogP contribution in [0.1, 0.15) is 118 Å². The summed E-state index contributed by atoms with van der Waals surface area (Å²) < 4.78 is 5.79. The Kier molecular flexibility index (Phi) is 28.5. The number of benzene rings is 2. The molecule has 1 fully saturated rings. The van der Waals surface area contributed by atoms with Gasteiger partial charge < -0.3 is 20.1 Å². The molecule has 0 aromatic heterocycles. The van der Waals surface area contributed by atoms with E-state index in [4.69, 9.17) is 27.9 Å². The van der Waals surface area contributed by atoms with E-state index >= 15 is 0 Å². The summed E-state index contributed by atoms with van der Waals surface area (Å²) >= 11 is 11.9. The van der Waals surface area contributed by atoms with Crippen LogP contribution in [0.2, 0.25) is 5.02 Å². The predicted octanol–water partition coefficient (Wildman–Crippen LogP) is 9.73. The van der Waals surface area contributed by atoms with Crippen molar-refractivity contribution in [3.05, 3.63) is 116 Å². The van der Waals surface area contributed by atoms with E-state index in [1.807, 2.05) is 75.4 Å². The number of carbonyl (C=O) groups excluding carboxylic acids is 1. The van der Waals surface area contributed by atoms with E-state index in [0.717, 1.165) is 47.4 Å². The summed E-state index contributed by atoms with van der Waals surface area (Å²) in [7, 11) is 0. The maximum atomic E-state index is 13.4. The van der Waals surface area contributed by atoms with Gasteiger partial charge in [-0.3, -0.25) is 4.79 Å². The van der Waals surface area contributed by atoms with Crippen molar-refractivity contribution in [2.45, 2.75) is 119 Å². The third kappa shape index (κ3) is 18.9. The molecule has 1 N–H and O–H groups in total. The van der Waals surface area contributed by atoms with Crippen molar-refractivity contribution in [3.8, 4) is 5.75 Å². The minimum Gasteiger partial charge on any atom is -0.660 e.